The standard InChI is InChI=1S/C8H14N2O3/c11-8(10-6-4-12-5-6)13-7-1-2-9-3-7/h6-7,9H,1-5H2,(H,10,11)/t7-/m1/s1. The number of ether oxygens (including phenoxy) is 2. The Balaban J connectivity index is 1.64. The van der Waals surface area contributed by atoms with E-state index in [1.807, 2.05) is 0 Å². The lowest BCUT2D eigenvalue weighted by Crippen LogP contribution is -2.49. The quantitative estimate of drug-likeness (QED) is 0.609. The molecular formula is C8H14N2O3. The Kier molecular flexibility index (Phi) is 2.65. The summed E-state index contributed by atoms with van der Waals surface area (Å²) < 4.78 is 10.1. The average Bonchev–Trinajstić information content (AvgIpc) is 2.49. The molecule has 0 unspecified atom stereocenters. The van der Waals surface area contributed by atoms with Crippen molar-refractivity contribution >= 4 is 6.09 Å². The number of carbonyl (C=O) groups excluding carboxylic acids is 1. The van der Waals surface area contributed by atoms with Gasteiger partial charge in [-0.05, 0) is 13.0 Å². The van der Waals surface area contributed by atoms with Crippen molar-refractivity contribution < 1.29 is 14.3 Å². The van der Waals surface area contributed by atoms with E-state index >= 15 is 0 Å². The van der Waals surface area contributed by atoms with Crippen molar-refractivity contribution in [3.63, 3.8) is 0 Å². The van der Waals surface area contributed by atoms with Gasteiger partial charge in [-0.15, -0.1) is 0 Å². The number of alkyl carbamates (subject to hydrolysis) is 1. The van der Waals surface area contributed by atoms with E-state index in [9.17, 15) is 4.79 Å². The molecule has 1 amide bonds. The SMILES string of the molecule is O=C(NC1COC1)O[C@@H]1CCNC1. The van der Waals surface area contributed by atoms with E-state index in [1.54, 1.807) is 0 Å². The smallest absolute Gasteiger partial charge is 0.407 e. The third-order valence-electron chi connectivity index (χ3n) is 2.25. The van der Waals surface area contributed by atoms with Crippen molar-refractivity contribution in [2.45, 2.75) is 18.6 Å². The van der Waals surface area contributed by atoms with Crippen LogP contribution in [0.25, 0.3) is 0 Å². The molecule has 74 valence electrons. The molecule has 2 saturated heterocycles. The van der Waals surface area contributed by atoms with Crippen LogP contribution in [0.3, 0.4) is 0 Å². The van der Waals surface area contributed by atoms with Crippen LogP contribution in [0.15, 0.2) is 0 Å². The minimum Gasteiger partial charge on any atom is -0.445 e. The van der Waals surface area contributed by atoms with E-state index in [1.165, 1.54) is 0 Å². The highest BCUT2D eigenvalue weighted by Gasteiger charge is 2.24. The fourth-order valence-corrected chi connectivity index (χ4v) is 1.40. The van der Waals surface area contributed by atoms with Crippen molar-refractivity contribution in [3.8, 4) is 0 Å². The van der Waals surface area contributed by atoms with E-state index in [-0.39, 0.29) is 18.2 Å². The highest BCUT2D eigenvalue weighted by Crippen LogP contribution is 2.05. The summed E-state index contributed by atoms with van der Waals surface area (Å²) in [7, 11) is 0. The predicted molar refractivity (Wildman–Crippen MR) is 45.5 cm³/mol. The van der Waals surface area contributed by atoms with E-state index in [2.05, 4.69) is 10.6 Å². The topological polar surface area (TPSA) is 59.6 Å². The molecule has 5 nitrogen and oxygen atoms in total. The maximum absolute atomic E-state index is 11.2. The first-order valence-electron chi connectivity index (χ1n) is 4.60. The number of amides is 1. The van der Waals surface area contributed by atoms with Gasteiger partial charge in [0.2, 0.25) is 0 Å². The fourth-order valence-electron chi connectivity index (χ4n) is 1.40. The van der Waals surface area contributed by atoms with E-state index in [4.69, 9.17) is 9.47 Å². The monoisotopic (exact) mass is 186 g/mol. The van der Waals surface area contributed by atoms with Crippen LogP contribution in [0.4, 0.5) is 4.79 Å². The zero-order chi connectivity index (χ0) is 9.10. The maximum atomic E-state index is 11.2. The molecule has 2 N–H and O–H groups in total. The van der Waals surface area contributed by atoms with E-state index < -0.39 is 0 Å². The first kappa shape index (κ1) is 8.77. The molecule has 0 bridgehead atoms. The Morgan fingerprint density at radius 2 is 2.38 bits per heavy atom. The molecule has 2 rings (SSSR count). The maximum Gasteiger partial charge on any atom is 0.407 e. The van der Waals surface area contributed by atoms with Crippen molar-refractivity contribution in [1.29, 1.82) is 0 Å². The minimum atomic E-state index is -0.318. The molecule has 0 aromatic heterocycles. The van der Waals surface area contributed by atoms with Gasteiger partial charge < -0.3 is 20.1 Å². The van der Waals surface area contributed by atoms with Gasteiger partial charge in [0, 0.05) is 6.54 Å². The first-order chi connectivity index (χ1) is 6.34. The summed E-state index contributed by atoms with van der Waals surface area (Å²) in [5, 5.41) is 5.86. The lowest BCUT2D eigenvalue weighted by molar-refractivity contribution is -0.00782. The van der Waals surface area contributed by atoms with E-state index in [0.29, 0.717) is 13.2 Å². The number of carbonyl (C=O) groups is 1. The van der Waals surface area contributed by atoms with E-state index in [0.717, 1.165) is 19.5 Å². The van der Waals surface area contributed by atoms with Crippen LogP contribution in [0.1, 0.15) is 6.42 Å². The lowest BCUT2D eigenvalue weighted by atomic mass is 10.3. The molecule has 0 aromatic rings. The summed E-state index contributed by atoms with van der Waals surface area (Å²) in [6.45, 7) is 2.93. The number of hydrogen-bond acceptors (Lipinski definition) is 4. The summed E-state index contributed by atoms with van der Waals surface area (Å²) in [5.41, 5.74) is 0. The summed E-state index contributed by atoms with van der Waals surface area (Å²) in [4.78, 5) is 11.2. The van der Waals surface area contributed by atoms with Gasteiger partial charge in [0.25, 0.3) is 0 Å². The second kappa shape index (κ2) is 3.93. The summed E-state index contributed by atoms with van der Waals surface area (Å²) in [5.74, 6) is 0. The molecular weight excluding hydrogens is 172 g/mol. The molecule has 0 saturated carbocycles. The van der Waals surface area contributed by atoms with Crippen LogP contribution >= 0.6 is 0 Å². The predicted octanol–water partition coefficient (Wildman–Crippen LogP) is -0.527. The Labute approximate surface area is 76.8 Å². The zero-order valence-corrected chi connectivity index (χ0v) is 7.41. The van der Waals surface area contributed by atoms with Crippen molar-refractivity contribution in [2.24, 2.45) is 0 Å². The average molecular weight is 186 g/mol. The molecule has 13 heavy (non-hydrogen) atoms. The molecule has 2 aliphatic heterocycles. The largest absolute Gasteiger partial charge is 0.445 e. The molecule has 2 fully saturated rings. The zero-order valence-electron chi connectivity index (χ0n) is 7.41. The van der Waals surface area contributed by atoms with Crippen molar-refractivity contribution in [2.75, 3.05) is 26.3 Å². The Bertz CT molecular complexity index is 188. The van der Waals surface area contributed by atoms with Crippen LogP contribution in [0.5, 0.6) is 0 Å². The fraction of sp³-hybridized carbons (Fsp3) is 0.875. The molecule has 2 aliphatic rings. The van der Waals surface area contributed by atoms with Gasteiger partial charge in [-0.2, -0.15) is 0 Å². The van der Waals surface area contributed by atoms with Crippen LogP contribution in [-0.2, 0) is 9.47 Å². The third-order valence-corrected chi connectivity index (χ3v) is 2.25. The Morgan fingerprint density at radius 1 is 1.54 bits per heavy atom. The first-order valence-corrected chi connectivity index (χ1v) is 4.60. The molecule has 0 radical (unpaired) electrons. The molecule has 0 aromatic carbocycles. The van der Waals surface area contributed by atoms with Crippen LogP contribution in [-0.4, -0.2) is 44.5 Å². The van der Waals surface area contributed by atoms with Gasteiger partial charge in [-0.25, -0.2) is 4.79 Å². The van der Waals surface area contributed by atoms with Gasteiger partial charge in [-0.3, -0.25) is 0 Å². The third kappa shape index (κ3) is 2.32. The summed E-state index contributed by atoms with van der Waals surface area (Å²) in [6.07, 6.45) is 0.636. The van der Waals surface area contributed by atoms with Gasteiger partial charge in [0.15, 0.2) is 0 Å². The lowest BCUT2D eigenvalue weighted by Gasteiger charge is -2.26. The molecule has 0 spiro atoms. The van der Waals surface area contributed by atoms with Crippen molar-refractivity contribution in [3.05, 3.63) is 0 Å². The van der Waals surface area contributed by atoms with Crippen LogP contribution < -0.4 is 10.6 Å². The molecule has 1 atom stereocenters. The minimum absolute atomic E-state index is 0.0426. The van der Waals surface area contributed by atoms with Crippen molar-refractivity contribution in [1.82, 2.24) is 10.6 Å². The normalized spacial score (nSPS) is 28.2. The number of rotatable bonds is 2. The van der Waals surface area contributed by atoms with Crippen LogP contribution in [0, 0.1) is 0 Å². The highest BCUT2D eigenvalue weighted by atomic mass is 16.6. The van der Waals surface area contributed by atoms with Gasteiger partial charge in [0.1, 0.15) is 6.10 Å². The van der Waals surface area contributed by atoms with Gasteiger partial charge >= 0.3 is 6.09 Å². The molecule has 2 heterocycles. The second-order valence-electron chi connectivity index (χ2n) is 3.40. The number of hydrogen-bond donors (Lipinski definition) is 2. The van der Waals surface area contributed by atoms with Gasteiger partial charge in [0.05, 0.1) is 19.3 Å². The second-order valence-corrected chi connectivity index (χ2v) is 3.40. The summed E-state index contributed by atoms with van der Waals surface area (Å²) in [6, 6.07) is 0.155. The van der Waals surface area contributed by atoms with Gasteiger partial charge in [-0.1, -0.05) is 0 Å². The number of nitrogens with one attached hydrogen (secondary N) is 2. The molecule has 0 aliphatic carbocycles. The Morgan fingerprint density at radius 3 is 2.92 bits per heavy atom. The molecule has 5 heteroatoms. The Hall–Kier alpha value is -0.810. The van der Waals surface area contributed by atoms with Crippen LogP contribution in [0.2, 0.25) is 0 Å². The highest BCUT2D eigenvalue weighted by molar-refractivity contribution is 5.68. The summed E-state index contributed by atoms with van der Waals surface area (Å²) >= 11 is 0.